The molecule has 1 nitrogen and oxygen atoms in total. The van der Waals surface area contributed by atoms with Gasteiger partial charge in [0.1, 0.15) is 0 Å². The Morgan fingerprint density at radius 1 is 1.43 bits per heavy atom. The quantitative estimate of drug-likeness (QED) is 0.247. The molecule has 0 aromatic rings. The Bertz CT molecular complexity index is 58.4. The largest absolute Gasteiger partial charge is 2.00 e. The molecule has 0 aromatic heterocycles. The smallest absolute Gasteiger partial charge is 1.00 e. The van der Waals surface area contributed by atoms with Crippen molar-refractivity contribution in [1.82, 2.24) is 0 Å². The summed E-state index contributed by atoms with van der Waals surface area (Å²) in [5.74, 6) is 0. The van der Waals surface area contributed by atoms with Gasteiger partial charge >= 0.3 is 17.1 Å². The van der Waals surface area contributed by atoms with Crippen molar-refractivity contribution in [1.29, 1.82) is 5.26 Å². The van der Waals surface area contributed by atoms with Crippen LogP contribution in [0.5, 0.6) is 0 Å². The van der Waals surface area contributed by atoms with Crippen molar-refractivity contribution in [3.05, 3.63) is 12.7 Å². The molecule has 0 saturated carbocycles. The topological polar surface area (TPSA) is 23.8 Å². The normalized spacial score (nSPS) is 2.14. The third kappa shape index (κ3) is 197. The van der Waals surface area contributed by atoms with Gasteiger partial charge in [-0.15, -0.1) is 0 Å². The van der Waals surface area contributed by atoms with Crippen molar-refractivity contribution < 1.29 is 26.5 Å². The molecule has 41 valence electrons. The van der Waals surface area contributed by atoms with Crippen molar-refractivity contribution in [2.75, 3.05) is 0 Å². The minimum absolute atomic E-state index is 0. The number of rotatable bonds is 0. The fraction of sp³-hybridized carbons (Fsp3) is 0. The van der Waals surface area contributed by atoms with Crippen LogP contribution >= 0.6 is 0 Å². The predicted octanol–water partition coefficient (Wildman–Crippen LogP) is -5.30. The van der Waals surface area contributed by atoms with Crippen LogP contribution in [-0.2, 0) is 17.1 Å². The second kappa shape index (κ2) is 46.0. The first-order chi connectivity index (χ1) is 1.91. The van der Waals surface area contributed by atoms with Crippen molar-refractivity contribution in [3.63, 3.8) is 0 Å². The van der Waals surface area contributed by atoms with E-state index in [1.54, 1.807) is 6.07 Å². The van der Waals surface area contributed by atoms with Gasteiger partial charge in [0.05, 0.1) is 6.07 Å². The maximum absolute atomic E-state index is 7.51. The molecule has 0 aromatic carbocycles. The number of hydrogen-bond donors (Lipinski definition) is 0. The van der Waals surface area contributed by atoms with E-state index in [0.717, 1.165) is 0 Å². The van der Waals surface area contributed by atoms with E-state index in [2.05, 4.69) is 6.58 Å². The van der Waals surface area contributed by atoms with E-state index in [-0.39, 0.29) is 26.5 Å². The second-order valence-corrected chi connectivity index (χ2v) is 0.333. The number of nitriles is 1. The number of allylic oxidation sites excluding steroid dienone is 1. The van der Waals surface area contributed by atoms with E-state index in [4.69, 9.17) is 5.26 Å². The minimum Gasteiger partial charge on any atom is -1.00 e. The van der Waals surface area contributed by atoms with Gasteiger partial charge in [-0.2, -0.15) is 5.26 Å². The standard InChI is InChI=1S/C3H3N.2FH.Mn/c1-2-3-4;;;/h2H,1H2;2*1H;/q;;;+2/p-2. The molecule has 0 aliphatic rings. The maximum Gasteiger partial charge on any atom is 2.00 e. The monoisotopic (exact) mass is 146 g/mol. The molecular weight excluding hydrogens is 143 g/mol. The predicted molar refractivity (Wildman–Crippen MR) is 15.8 cm³/mol. The van der Waals surface area contributed by atoms with Crippen LogP contribution in [0, 0.1) is 11.3 Å². The SMILES string of the molecule is C=CC#N.[F-].[F-].[Mn+2]. The summed E-state index contributed by atoms with van der Waals surface area (Å²) in [6.45, 7) is 3.12. The van der Waals surface area contributed by atoms with Gasteiger partial charge in [0, 0.05) is 6.08 Å². The Labute approximate surface area is 51.2 Å². The summed E-state index contributed by atoms with van der Waals surface area (Å²) in [6.07, 6.45) is 1.18. The summed E-state index contributed by atoms with van der Waals surface area (Å²) in [5.41, 5.74) is 0. The fourth-order valence-electron chi connectivity index (χ4n) is 0. The first-order valence-corrected chi connectivity index (χ1v) is 0.921. The van der Waals surface area contributed by atoms with E-state index < -0.39 is 0 Å². The second-order valence-electron chi connectivity index (χ2n) is 0.333. The molecule has 7 heavy (non-hydrogen) atoms. The van der Waals surface area contributed by atoms with Gasteiger partial charge in [-0.25, -0.2) is 0 Å². The molecule has 0 atom stereocenters. The third-order valence-corrected chi connectivity index (χ3v) is 0.0913. The molecule has 0 bridgehead atoms. The molecular formula is C3H3F2MnN. The molecule has 1 radical (unpaired) electrons. The summed E-state index contributed by atoms with van der Waals surface area (Å²) in [4.78, 5) is 0. The Morgan fingerprint density at radius 2 is 1.57 bits per heavy atom. The summed E-state index contributed by atoms with van der Waals surface area (Å²) >= 11 is 0. The molecule has 0 spiro atoms. The summed E-state index contributed by atoms with van der Waals surface area (Å²) in [7, 11) is 0. The zero-order valence-electron chi connectivity index (χ0n) is 3.37. The summed E-state index contributed by atoms with van der Waals surface area (Å²) < 4.78 is 0. The van der Waals surface area contributed by atoms with E-state index >= 15 is 0 Å². The van der Waals surface area contributed by atoms with Crippen LogP contribution in [0.2, 0.25) is 0 Å². The average Bonchev–Trinajstić information content (AvgIpc) is 1.37. The molecule has 0 N–H and O–H groups in total. The number of halogens is 2. The molecule has 0 aliphatic heterocycles. The first-order valence-electron chi connectivity index (χ1n) is 0.921. The van der Waals surface area contributed by atoms with Crippen LogP contribution in [-0.4, -0.2) is 0 Å². The third-order valence-electron chi connectivity index (χ3n) is 0.0913. The van der Waals surface area contributed by atoms with Crippen LogP contribution in [0.3, 0.4) is 0 Å². The van der Waals surface area contributed by atoms with Gasteiger partial charge in [0.25, 0.3) is 0 Å². The zero-order valence-corrected chi connectivity index (χ0v) is 4.55. The van der Waals surface area contributed by atoms with Crippen LogP contribution in [0.15, 0.2) is 12.7 Å². The molecule has 0 amide bonds. The zero-order chi connectivity index (χ0) is 3.41. The molecule has 0 rings (SSSR count). The molecule has 0 fully saturated rings. The van der Waals surface area contributed by atoms with Crippen LogP contribution in [0.25, 0.3) is 0 Å². The van der Waals surface area contributed by atoms with E-state index in [1.165, 1.54) is 6.08 Å². The average molecular weight is 146 g/mol. The van der Waals surface area contributed by atoms with E-state index in [1.807, 2.05) is 0 Å². The summed E-state index contributed by atoms with van der Waals surface area (Å²) in [6, 6.07) is 1.69. The number of hydrogen-bond acceptors (Lipinski definition) is 1. The van der Waals surface area contributed by atoms with Crippen LogP contribution in [0.4, 0.5) is 0 Å². The van der Waals surface area contributed by atoms with Crippen molar-refractivity contribution in [2.45, 2.75) is 0 Å². The van der Waals surface area contributed by atoms with Crippen LogP contribution < -0.4 is 9.41 Å². The number of nitrogens with zero attached hydrogens (tertiary/aromatic N) is 1. The molecule has 0 unspecified atom stereocenters. The Morgan fingerprint density at radius 3 is 1.57 bits per heavy atom. The van der Waals surface area contributed by atoms with Crippen molar-refractivity contribution >= 4 is 0 Å². The molecule has 0 saturated heterocycles. The Balaban J connectivity index is -0.0000000150. The van der Waals surface area contributed by atoms with E-state index in [0.29, 0.717) is 0 Å². The minimum atomic E-state index is 0. The Kier molecular flexibility index (Phi) is 201. The van der Waals surface area contributed by atoms with Gasteiger partial charge in [0.15, 0.2) is 0 Å². The van der Waals surface area contributed by atoms with E-state index in [9.17, 15) is 0 Å². The van der Waals surface area contributed by atoms with Gasteiger partial charge in [-0.05, 0) is 0 Å². The molecule has 0 heterocycles. The molecule has 4 heteroatoms. The summed E-state index contributed by atoms with van der Waals surface area (Å²) in [5, 5.41) is 7.51. The van der Waals surface area contributed by atoms with Crippen molar-refractivity contribution in [3.8, 4) is 6.07 Å². The van der Waals surface area contributed by atoms with Crippen LogP contribution in [0.1, 0.15) is 0 Å². The van der Waals surface area contributed by atoms with Gasteiger partial charge in [-0.3, -0.25) is 0 Å². The Hall–Kier alpha value is -0.391. The molecule has 0 aliphatic carbocycles. The van der Waals surface area contributed by atoms with Gasteiger partial charge < -0.3 is 9.41 Å². The maximum atomic E-state index is 7.51. The fourth-order valence-corrected chi connectivity index (χ4v) is 0. The van der Waals surface area contributed by atoms with Gasteiger partial charge in [-0.1, -0.05) is 6.58 Å². The van der Waals surface area contributed by atoms with Gasteiger partial charge in [0.2, 0.25) is 0 Å². The first kappa shape index (κ1) is 30.5. The van der Waals surface area contributed by atoms with Crippen molar-refractivity contribution in [2.24, 2.45) is 0 Å².